The largest absolute Gasteiger partial charge is 0.344 e. The summed E-state index contributed by atoms with van der Waals surface area (Å²) in [5.74, 6) is -4.86. The number of pyridine rings is 1. The number of aromatic nitrogens is 5. The predicted molar refractivity (Wildman–Crippen MR) is 116 cm³/mol. The standard InChI is InChI=1S/C22H19ClF4N6O/c1-11(29-21(34)12-3-5-22(26,27)6-4-12)19-17(25)7-13(10-28-19)15-8-14(23)9-16(24)18(15)20-30-32-33(2)31-20/h3,7-11H,4-6H2,1-2H3,(H,29,34)/t11-/m1/s1. The summed E-state index contributed by atoms with van der Waals surface area (Å²) >= 11 is 6.02. The molecule has 0 radical (unpaired) electrons. The maximum absolute atomic E-state index is 15.0. The van der Waals surface area contributed by atoms with Crippen molar-refractivity contribution in [1.82, 2.24) is 30.5 Å². The van der Waals surface area contributed by atoms with Crippen LogP contribution in [0.15, 0.2) is 36.0 Å². The van der Waals surface area contributed by atoms with E-state index in [0.29, 0.717) is 0 Å². The number of alkyl halides is 2. The monoisotopic (exact) mass is 494 g/mol. The lowest BCUT2D eigenvalue weighted by atomic mass is 9.95. The van der Waals surface area contributed by atoms with Crippen LogP contribution in [0.1, 0.15) is 37.9 Å². The number of carbonyl (C=O) groups excluding carboxylic acids is 1. The van der Waals surface area contributed by atoms with Gasteiger partial charge in [0, 0.05) is 35.2 Å². The third kappa shape index (κ3) is 4.93. The van der Waals surface area contributed by atoms with Gasteiger partial charge in [-0.25, -0.2) is 17.6 Å². The number of aryl methyl sites for hydroxylation is 1. The normalized spacial score (nSPS) is 16.1. The quantitative estimate of drug-likeness (QED) is 0.515. The molecule has 34 heavy (non-hydrogen) atoms. The second-order valence-electron chi connectivity index (χ2n) is 7.99. The smallest absolute Gasteiger partial charge is 0.251 e. The number of tetrazole rings is 1. The molecular weight excluding hydrogens is 476 g/mol. The van der Waals surface area contributed by atoms with E-state index < -0.39 is 42.3 Å². The molecule has 0 saturated carbocycles. The van der Waals surface area contributed by atoms with Crippen LogP contribution in [0, 0.1) is 11.6 Å². The Labute approximate surface area is 196 Å². The van der Waals surface area contributed by atoms with E-state index in [1.165, 1.54) is 32.3 Å². The highest BCUT2D eigenvalue weighted by molar-refractivity contribution is 6.31. The number of nitrogens with zero attached hydrogens (tertiary/aromatic N) is 5. The van der Waals surface area contributed by atoms with Crippen LogP contribution in [0.3, 0.4) is 0 Å². The number of allylic oxidation sites excluding steroid dienone is 1. The molecule has 7 nitrogen and oxygen atoms in total. The lowest BCUT2D eigenvalue weighted by molar-refractivity contribution is -0.118. The van der Waals surface area contributed by atoms with Gasteiger partial charge in [0.15, 0.2) is 0 Å². The molecule has 2 aromatic heterocycles. The van der Waals surface area contributed by atoms with Gasteiger partial charge < -0.3 is 5.32 Å². The Kier molecular flexibility index (Phi) is 6.39. The molecule has 1 atom stereocenters. The van der Waals surface area contributed by atoms with Crippen molar-refractivity contribution < 1.29 is 22.4 Å². The van der Waals surface area contributed by atoms with E-state index in [1.54, 1.807) is 0 Å². The Morgan fingerprint density at radius 3 is 2.62 bits per heavy atom. The van der Waals surface area contributed by atoms with Crippen LogP contribution in [-0.4, -0.2) is 37.0 Å². The second-order valence-corrected chi connectivity index (χ2v) is 8.42. The summed E-state index contributed by atoms with van der Waals surface area (Å²) in [4.78, 5) is 17.7. The molecular formula is C22H19ClF4N6O. The zero-order chi connectivity index (χ0) is 24.6. The van der Waals surface area contributed by atoms with Crippen molar-refractivity contribution >= 4 is 17.5 Å². The average molecular weight is 495 g/mol. The molecule has 2 heterocycles. The van der Waals surface area contributed by atoms with Gasteiger partial charge in [0.25, 0.3) is 5.92 Å². The van der Waals surface area contributed by atoms with Gasteiger partial charge in [-0.05, 0) is 42.3 Å². The minimum absolute atomic E-state index is 0.0110. The first-order chi connectivity index (χ1) is 16.0. The Morgan fingerprint density at radius 2 is 2.00 bits per heavy atom. The van der Waals surface area contributed by atoms with E-state index in [-0.39, 0.29) is 45.2 Å². The van der Waals surface area contributed by atoms with Gasteiger partial charge in [-0.15, -0.1) is 10.2 Å². The molecule has 0 unspecified atom stereocenters. The summed E-state index contributed by atoms with van der Waals surface area (Å²) in [5, 5.41) is 14.2. The van der Waals surface area contributed by atoms with Crippen molar-refractivity contribution in [3.8, 4) is 22.5 Å². The fourth-order valence-electron chi connectivity index (χ4n) is 3.69. The molecule has 3 aromatic rings. The Balaban J connectivity index is 1.61. The van der Waals surface area contributed by atoms with Gasteiger partial charge in [-0.2, -0.15) is 4.80 Å². The molecule has 0 spiro atoms. The van der Waals surface area contributed by atoms with Gasteiger partial charge in [-0.3, -0.25) is 9.78 Å². The number of hydrogen-bond donors (Lipinski definition) is 1. The summed E-state index contributed by atoms with van der Waals surface area (Å²) in [6.07, 6.45) is 1.52. The number of benzene rings is 1. The highest BCUT2D eigenvalue weighted by Gasteiger charge is 2.33. The maximum Gasteiger partial charge on any atom is 0.251 e. The van der Waals surface area contributed by atoms with Crippen molar-refractivity contribution in [1.29, 1.82) is 0 Å². The Hall–Kier alpha value is -3.34. The number of amides is 1. The van der Waals surface area contributed by atoms with Gasteiger partial charge >= 0.3 is 0 Å². The predicted octanol–water partition coefficient (Wildman–Crippen LogP) is 4.79. The number of rotatable bonds is 5. The summed E-state index contributed by atoms with van der Waals surface area (Å²) in [6, 6.07) is 2.81. The lowest BCUT2D eigenvalue weighted by Gasteiger charge is -2.22. The second kappa shape index (κ2) is 9.13. The Bertz CT molecular complexity index is 1290. The van der Waals surface area contributed by atoms with E-state index in [4.69, 9.17) is 11.6 Å². The van der Waals surface area contributed by atoms with Crippen LogP contribution in [-0.2, 0) is 11.8 Å². The lowest BCUT2D eigenvalue weighted by Crippen LogP contribution is -2.31. The van der Waals surface area contributed by atoms with Gasteiger partial charge in [-0.1, -0.05) is 17.7 Å². The number of carbonyl (C=O) groups is 1. The topological polar surface area (TPSA) is 85.6 Å². The molecule has 0 bridgehead atoms. The van der Waals surface area contributed by atoms with E-state index in [2.05, 4.69) is 25.7 Å². The van der Waals surface area contributed by atoms with Crippen LogP contribution in [0.25, 0.3) is 22.5 Å². The fraction of sp³-hybridized carbons (Fsp3) is 0.318. The minimum atomic E-state index is -2.82. The van der Waals surface area contributed by atoms with Gasteiger partial charge in [0.1, 0.15) is 11.6 Å². The third-order valence-corrected chi connectivity index (χ3v) is 5.64. The highest BCUT2D eigenvalue weighted by atomic mass is 35.5. The number of halogens is 5. The summed E-state index contributed by atoms with van der Waals surface area (Å²) in [5.41, 5.74) is 0.557. The molecule has 0 aliphatic heterocycles. The summed E-state index contributed by atoms with van der Waals surface area (Å²) in [6.45, 7) is 1.52. The van der Waals surface area contributed by atoms with Crippen LogP contribution < -0.4 is 5.32 Å². The van der Waals surface area contributed by atoms with E-state index in [9.17, 15) is 18.0 Å². The van der Waals surface area contributed by atoms with Crippen LogP contribution >= 0.6 is 11.6 Å². The molecule has 1 aromatic carbocycles. The molecule has 4 rings (SSSR count). The first-order valence-corrected chi connectivity index (χ1v) is 10.7. The molecule has 0 fully saturated rings. The molecule has 178 valence electrons. The molecule has 1 aliphatic carbocycles. The molecule has 1 aliphatic rings. The maximum atomic E-state index is 15.0. The number of nitrogens with one attached hydrogen (secondary N) is 1. The molecule has 1 amide bonds. The zero-order valence-corrected chi connectivity index (χ0v) is 18.9. The first kappa shape index (κ1) is 23.8. The highest BCUT2D eigenvalue weighted by Crippen LogP contribution is 2.36. The van der Waals surface area contributed by atoms with Crippen molar-refractivity contribution in [3.63, 3.8) is 0 Å². The molecule has 0 saturated heterocycles. The Morgan fingerprint density at radius 1 is 1.24 bits per heavy atom. The van der Waals surface area contributed by atoms with E-state index >= 15 is 4.39 Å². The molecule has 1 N–H and O–H groups in total. The van der Waals surface area contributed by atoms with Crippen LogP contribution in [0.4, 0.5) is 17.6 Å². The van der Waals surface area contributed by atoms with Crippen LogP contribution in [0.2, 0.25) is 5.02 Å². The minimum Gasteiger partial charge on any atom is -0.344 e. The third-order valence-electron chi connectivity index (χ3n) is 5.42. The summed E-state index contributed by atoms with van der Waals surface area (Å²) in [7, 11) is 1.52. The van der Waals surface area contributed by atoms with Crippen molar-refractivity contribution in [2.45, 2.75) is 38.2 Å². The zero-order valence-electron chi connectivity index (χ0n) is 18.1. The number of hydrogen-bond acceptors (Lipinski definition) is 5. The van der Waals surface area contributed by atoms with E-state index in [0.717, 1.165) is 16.9 Å². The van der Waals surface area contributed by atoms with Crippen LogP contribution in [0.5, 0.6) is 0 Å². The van der Waals surface area contributed by atoms with Gasteiger partial charge in [0.05, 0.1) is 24.3 Å². The SMILES string of the molecule is C[C@@H](NC(=O)C1=CCC(F)(F)CC1)c1ncc(-c2cc(Cl)cc(F)c2-c2nnn(C)n2)cc1F. The van der Waals surface area contributed by atoms with E-state index in [1.807, 2.05) is 0 Å². The summed E-state index contributed by atoms with van der Waals surface area (Å²) < 4.78 is 56.4. The van der Waals surface area contributed by atoms with Crippen molar-refractivity contribution in [2.24, 2.45) is 7.05 Å². The first-order valence-electron chi connectivity index (χ1n) is 10.3. The van der Waals surface area contributed by atoms with Gasteiger partial charge in [0.2, 0.25) is 11.7 Å². The van der Waals surface area contributed by atoms with Crippen molar-refractivity contribution in [2.75, 3.05) is 0 Å². The molecule has 12 heteroatoms. The average Bonchev–Trinajstić information content (AvgIpc) is 3.18. The fourth-order valence-corrected chi connectivity index (χ4v) is 3.89. The van der Waals surface area contributed by atoms with Crippen molar-refractivity contribution in [3.05, 3.63) is 58.4 Å².